The van der Waals surface area contributed by atoms with Crippen molar-refractivity contribution >= 4 is 32.8 Å². The maximum atomic E-state index is 6.41. The lowest BCUT2D eigenvalue weighted by atomic mass is 10.1. The Hall–Kier alpha value is -6.33. The van der Waals surface area contributed by atoms with Crippen molar-refractivity contribution in [1.82, 2.24) is 19.5 Å². The standard InChI is InChI=1S/C41H26N4O/c1-4-13-27(14-5-1)37-26-34-36(46-37)24-23-33-32-21-10-11-22-35(32)45(38(33)34)31-20-12-19-30(25-31)41-43-39(28-15-6-2-7-16-28)42-40(44-41)29-17-8-3-9-18-29/h1-26H. The van der Waals surface area contributed by atoms with Crippen molar-refractivity contribution in [3.05, 3.63) is 158 Å². The molecule has 0 atom stereocenters. The molecule has 5 nitrogen and oxygen atoms in total. The first-order valence-corrected chi connectivity index (χ1v) is 15.3. The van der Waals surface area contributed by atoms with Crippen molar-refractivity contribution in [2.24, 2.45) is 0 Å². The van der Waals surface area contributed by atoms with Gasteiger partial charge in [-0.1, -0.05) is 121 Å². The largest absolute Gasteiger partial charge is 0.456 e. The van der Waals surface area contributed by atoms with Gasteiger partial charge in [0.25, 0.3) is 0 Å². The topological polar surface area (TPSA) is 56.7 Å². The van der Waals surface area contributed by atoms with Gasteiger partial charge in [-0.2, -0.15) is 0 Å². The van der Waals surface area contributed by atoms with E-state index in [-0.39, 0.29) is 0 Å². The van der Waals surface area contributed by atoms with Crippen LogP contribution >= 0.6 is 0 Å². The first-order chi connectivity index (χ1) is 22.8. The summed E-state index contributed by atoms with van der Waals surface area (Å²) < 4.78 is 8.74. The van der Waals surface area contributed by atoms with Crippen LogP contribution in [0.15, 0.2) is 162 Å². The van der Waals surface area contributed by atoms with Gasteiger partial charge >= 0.3 is 0 Å². The fourth-order valence-corrected chi connectivity index (χ4v) is 6.31. The number of fused-ring (bicyclic) bond motifs is 5. The number of furan rings is 1. The predicted octanol–water partition coefficient (Wildman–Crippen LogP) is 10.4. The van der Waals surface area contributed by atoms with Crippen LogP contribution in [0.1, 0.15) is 0 Å². The highest BCUT2D eigenvalue weighted by Crippen LogP contribution is 2.40. The molecule has 9 rings (SSSR count). The Kier molecular flexibility index (Phi) is 6.06. The van der Waals surface area contributed by atoms with E-state index in [0.717, 1.165) is 55.7 Å². The Labute approximate surface area is 265 Å². The number of rotatable bonds is 5. The summed E-state index contributed by atoms with van der Waals surface area (Å²) in [6.45, 7) is 0. The highest BCUT2D eigenvalue weighted by atomic mass is 16.3. The fourth-order valence-electron chi connectivity index (χ4n) is 6.31. The monoisotopic (exact) mass is 590 g/mol. The van der Waals surface area contributed by atoms with Crippen LogP contribution in [0, 0.1) is 0 Å². The minimum atomic E-state index is 0.621. The van der Waals surface area contributed by atoms with Crippen LogP contribution in [-0.2, 0) is 0 Å². The van der Waals surface area contributed by atoms with Crippen LogP contribution in [0.25, 0.3) is 83.9 Å². The number of hydrogen-bond donors (Lipinski definition) is 0. The molecule has 46 heavy (non-hydrogen) atoms. The lowest BCUT2D eigenvalue weighted by molar-refractivity contribution is 0.632. The molecule has 0 unspecified atom stereocenters. The summed E-state index contributed by atoms with van der Waals surface area (Å²) in [5.41, 5.74) is 7.93. The quantitative estimate of drug-likeness (QED) is 0.200. The number of nitrogens with zero attached hydrogens (tertiary/aromatic N) is 4. The second kappa shape index (κ2) is 10.7. The maximum absolute atomic E-state index is 6.41. The van der Waals surface area contributed by atoms with Crippen molar-refractivity contribution in [1.29, 1.82) is 0 Å². The van der Waals surface area contributed by atoms with Crippen molar-refractivity contribution in [3.63, 3.8) is 0 Å². The summed E-state index contributed by atoms with van der Waals surface area (Å²) in [5.74, 6) is 2.75. The molecule has 3 aromatic heterocycles. The summed E-state index contributed by atoms with van der Waals surface area (Å²) in [4.78, 5) is 14.9. The summed E-state index contributed by atoms with van der Waals surface area (Å²) in [7, 11) is 0. The number of benzene rings is 6. The van der Waals surface area contributed by atoms with Gasteiger partial charge in [-0.25, -0.2) is 15.0 Å². The van der Waals surface area contributed by atoms with Crippen molar-refractivity contribution in [2.75, 3.05) is 0 Å². The van der Waals surface area contributed by atoms with Crippen molar-refractivity contribution in [3.8, 4) is 51.2 Å². The van der Waals surface area contributed by atoms with Crippen LogP contribution in [0.4, 0.5) is 0 Å². The zero-order valence-electron chi connectivity index (χ0n) is 24.7. The average Bonchev–Trinajstić information content (AvgIpc) is 3.72. The van der Waals surface area contributed by atoms with E-state index in [0.29, 0.717) is 17.5 Å². The van der Waals surface area contributed by atoms with Gasteiger partial charge in [-0.15, -0.1) is 0 Å². The minimum absolute atomic E-state index is 0.621. The molecular formula is C41H26N4O. The third-order valence-corrected chi connectivity index (χ3v) is 8.45. The Morgan fingerprint density at radius 3 is 1.65 bits per heavy atom. The third kappa shape index (κ3) is 4.37. The van der Waals surface area contributed by atoms with E-state index >= 15 is 0 Å². The molecule has 0 spiro atoms. The highest BCUT2D eigenvalue weighted by molar-refractivity contribution is 6.18. The molecule has 0 radical (unpaired) electrons. The molecule has 0 fully saturated rings. The first-order valence-electron chi connectivity index (χ1n) is 15.3. The second-order valence-electron chi connectivity index (χ2n) is 11.3. The number of para-hydroxylation sites is 1. The van der Waals surface area contributed by atoms with Gasteiger partial charge in [0.1, 0.15) is 11.3 Å². The van der Waals surface area contributed by atoms with E-state index in [9.17, 15) is 0 Å². The molecule has 0 N–H and O–H groups in total. The van der Waals surface area contributed by atoms with E-state index in [4.69, 9.17) is 19.4 Å². The van der Waals surface area contributed by atoms with E-state index in [1.807, 2.05) is 78.9 Å². The molecule has 0 amide bonds. The van der Waals surface area contributed by atoms with E-state index in [2.05, 4.69) is 83.4 Å². The molecule has 6 aromatic carbocycles. The lowest BCUT2D eigenvalue weighted by Gasteiger charge is -2.12. The Morgan fingerprint density at radius 2 is 0.978 bits per heavy atom. The number of hydrogen-bond acceptors (Lipinski definition) is 4. The van der Waals surface area contributed by atoms with Crippen LogP contribution in [-0.4, -0.2) is 19.5 Å². The molecule has 9 aromatic rings. The van der Waals surface area contributed by atoms with Gasteiger partial charge in [0.2, 0.25) is 0 Å². The van der Waals surface area contributed by atoms with Gasteiger partial charge in [0.05, 0.1) is 11.0 Å². The van der Waals surface area contributed by atoms with Crippen LogP contribution in [0.3, 0.4) is 0 Å². The third-order valence-electron chi connectivity index (χ3n) is 8.45. The average molecular weight is 591 g/mol. The second-order valence-corrected chi connectivity index (χ2v) is 11.3. The molecule has 5 heteroatoms. The molecule has 0 aliphatic carbocycles. The van der Waals surface area contributed by atoms with Crippen LogP contribution < -0.4 is 0 Å². The Morgan fingerprint density at radius 1 is 0.413 bits per heavy atom. The van der Waals surface area contributed by atoms with E-state index < -0.39 is 0 Å². The molecule has 0 saturated carbocycles. The minimum Gasteiger partial charge on any atom is -0.456 e. The Balaban J connectivity index is 1.27. The first kappa shape index (κ1) is 26.1. The molecule has 0 bridgehead atoms. The Bertz CT molecular complexity index is 2460. The van der Waals surface area contributed by atoms with Crippen molar-refractivity contribution < 1.29 is 4.42 Å². The summed E-state index contributed by atoms with van der Waals surface area (Å²) in [6.07, 6.45) is 0. The fraction of sp³-hybridized carbons (Fsp3) is 0. The van der Waals surface area contributed by atoms with Crippen LogP contribution in [0.2, 0.25) is 0 Å². The SMILES string of the molecule is c1ccc(-c2nc(-c3ccccc3)nc(-c3cccc(-n4c5ccccc5c5ccc6oc(-c7ccccc7)cc6c54)c3)n2)cc1. The molecule has 0 saturated heterocycles. The maximum Gasteiger partial charge on any atom is 0.164 e. The predicted molar refractivity (Wildman–Crippen MR) is 186 cm³/mol. The molecule has 3 heterocycles. The molecule has 0 aliphatic rings. The van der Waals surface area contributed by atoms with Gasteiger partial charge in [0.15, 0.2) is 17.5 Å². The zero-order valence-corrected chi connectivity index (χ0v) is 24.7. The summed E-state index contributed by atoms with van der Waals surface area (Å²) >= 11 is 0. The van der Waals surface area contributed by atoms with Gasteiger partial charge in [-0.3, -0.25) is 0 Å². The van der Waals surface area contributed by atoms with Gasteiger partial charge in [-0.05, 0) is 36.4 Å². The molecule has 216 valence electrons. The normalized spacial score (nSPS) is 11.5. The number of aromatic nitrogens is 4. The van der Waals surface area contributed by atoms with Crippen LogP contribution in [0.5, 0.6) is 0 Å². The molecular weight excluding hydrogens is 564 g/mol. The summed E-state index contributed by atoms with van der Waals surface area (Å²) in [6, 6.07) is 53.8. The smallest absolute Gasteiger partial charge is 0.164 e. The van der Waals surface area contributed by atoms with Gasteiger partial charge < -0.3 is 8.98 Å². The van der Waals surface area contributed by atoms with E-state index in [1.54, 1.807) is 0 Å². The summed E-state index contributed by atoms with van der Waals surface area (Å²) in [5, 5.41) is 3.42. The highest BCUT2D eigenvalue weighted by Gasteiger charge is 2.19. The zero-order chi connectivity index (χ0) is 30.5. The lowest BCUT2D eigenvalue weighted by Crippen LogP contribution is -2.01. The van der Waals surface area contributed by atoms with Crippen molar-refractivity contribution in [2.45, 2.75) is 0 Å². The van der Waals surface area contributed by atoms with Gasteiger partial charge in [0, 0.05) is 44.1 Å². The van der Waals surface area contributed by atoms with E-state index in [1.165, 1.54) is 10.8 Å². The molecule has 0 aliphatic heterocycles.